The second-order valence-electron chi connectivity index (χ2n) is 4.27. The molecule has 0 saturated heterocycles. The molecule has 0 aliphatic rings. The molecular formula is C15H10F2N2O. The molecule has 3 nitrogen and oxygen atoms in total. The lowest BCUT2D eigenvalue weighted by atomic mass is 10.1. The zero-order chi connectivity index (χ0) is 14.1. The van der Waals surface area contributed by atoms with E-state index in [2.05, 4.69) is 5.10 Å². The number of rotatable bonds is 2. The van der Waals surface area contributed by atoms with E-state index in [1.54, 1.807) is 29.1 Å². The molecule has 0 spiro atoms. The van der Waals surface area contributed by atoms with Gasteiger partial charge in [0, 0.05) is 11.6 Å². The fourth-order valence-corrected chi connectivity index (χ4v) is 2.02. The van der Waals surface area contributed by atoms with Crippen LogP contribution in [0.25, 0.3) is 16.9 Å². The molecule has 5 heteroatoms. The van der Waals surface area contributed by atoms with Gasteiger partial charge in [0.15, 0.2) is 0 Å². The van der Waals surface area contributed by atoms with Crippen LogP contribution in [0, 0.1) is 11.6 Å². The van der Waals surface area contributed by atoms with Crippen LogP contribution in [0.3, 0.4) is 0 Å². The zero-order valence-corrected chi connectivity index (χ0v) is 10.3. The van der Waals surface area contributed by atoms with Gasteiger partial charge in [-0.3, -0.25) is 0 Å². The molecule has 1 aromatic heterocycles. The summed E-state index contributed by atoms with van der Waals surface area (Å²) in [5, 5.41) is 14.0. The van der Waals surface area contributed by atoms with Crippen LogP contribution in [-0.4, -0.2) is 14.9 Å². The molecule has 100 valence electrons. The summed E-state index contributed by atoms with van der Waals surface area (Å²) in [6.45, 7) is 0. The van der Waals surface area contributed by atoms with Gasteiger partial charge in [0.1, 0.15) is 17.4 Å². The predicted molar refractivity (Wildman–Crippen MR) is 70.6 cm³/mol. The third kappa shape index (κ3) is 2.14. The molecule has 3 aromatic rings. The van der Waals surface area contributed by atoms with Gasteiger partial charge in [0.2, 0.25) is 0 Å². The molecule has 0 atom stereocenters. The molecule has 0 unspecified atom stereocenters. The standard InChI is InChI=1S/C15H10F2N2O/c16-10-1-4-12(5-2-10)19-14(7-8-18-19)13-6-3-11(17)9-15(13)20/h1-9,20H. The Bertz CT molecular complexity index is 751. The quantitative estimate of drug-likeness (QED) is 0.775. The fraction of sp³-hybridized carbons (Fsp3) is 0. The Morgan fingerprint density at radius 2 is 1.60 bits per heavy atom. The first-order valence-corrected chi connectivity index (χ1v) is 5.94. The molecular weight excluding hydrogens is 262 g/mol. The summed E-state index contributed by atoms with van der Waals surface area (Å²) in [6.07, 6.45) is 1.56. The number of nitrogens with zero attached hydrogens (tertiary/aromatic N) is 2. The highest BCUT2D eigenvalue weighted by atomic mass is 19.1. The number of aromatic hydroxyl groups is 1. The SMILES string of the molecule is Oc1cc(F)ccc1-c1ccnn1-c1ccc(F)cc1. The number of phenols is 1. The Morgan fingerprint density at radius 1 is 0.900 bits per heavy atom. The van der Waals surface area contributed by atoms with Crippen LogP contribution in [0.1, 0.15) is 0 Å². The highest BCUT2D eigenvalue weighted by Crippen LogP contribution is 2.30. The largest absolute Gasteiger partial charge is 0.507 e. The summed E-state index contributed by atoms with van der Waals surface area (Å²) in [4.78, 5) is 0. The summed E-state index contributed by atoms with van der Waals surface area (Å²) >= 11 is 0. The van der Waals surface area contributed by atoms with Crippen molar-refractivity contribution in [2.45, 2.75) is 0 Å². The van der Waals surface area contributed by atoms with Crippen molar-refractivity contribution in [3.63, 3.8) is 0 Å². The van der Waals surface area contributed by atoms with E-state index in [0.717, 1.165) is 6.07 Å². The molecule has 0 amide bonds. The lowest BCUT2D eigenvalue weighted by Crippen LogP contribution is -1.99. The summed E-state index contributed by atoms with van der Waals surface area (Å²) in [7, 11) is 0. The molecule has 0 aliphatic carbocycles. The average molecular weight is 272 g/mol. The first kappa shape index (κ1) is 12.3. The van der Waals surface area contributed by atoms with Gasteiger partial charge in [0.25, 0.3) is 0 Å². The minimum atomic E-state index is -0.515. The first-order chi connectivity index (χ1) is 9.65. The molecule has 0 bridgehead atoms. The predicted octanol–water partition coefficient (Wildman–Crippen LogP) is 3.52. The third-order valence-corrected chi connectivity index (χ3v) is 2.95. The highest BCUT2D eigenvalue weighted by molar-refractivity contribution is 5.68. The van der Waals surface area contributed by atoms with Crippen molar-refractivity contribution >= 4 is 0 Å². The van der Waals surface area contributed by atoms with Gasteiger partial charge < -0.3 is 5.11 Å². The van der Waals surface area contributed by atoms with E-state index < -0.39 is 5.82 Å². The molecule has 0 saturated carbocycles. The minimum Gasteiger partial charge on any atom is -0.507 e. The third-order valence-electron chi connectivity index (χ3n) is 2.95. The van der Waals surface area contributed by atoms with Crippen LogP contribution in [0.2, 0.25) is 0 Å². The topological polar surface area (TPSA) is 38.1 Å². The maximum atomic E-state index is 13.0. The molecule has 20 heavy (non-hydrogen) atoms. The van der Waals surface area contributed by atoms with Gasteiger partial charge in [-0.25, -0.2) is 13.5 Å². The fourth-order valence-electron chi connectivity index (χ4n) is 2.02. The smallest absolute Gasteiger partial charge is 0.127 e. The maximum Gasteiger partial charge on any atom is 0.127 e. The van der Waals surface area contributed by atoms with Gasteiger partial charge in [-0.15, -0.1) is 0 Å². The minimum absolute atomic E-state index is 0.172. The monoisotopic (exact) mass is 272 g/mol. The van der Waals surface area contributed by atoms with Crippen LogP contribution in [0.15, 0.2) is 54.7 Å². The van der Waals surface area contributed by atoms with E-state index in [-0.39, 0.29) is 11.6 Å². The second kappa shape index (κ2) is 4.77. The number of benzene rings is 2. The molecule has 0 radical (unpaired) electrons. The van der Waals surface area contributed by atoms with E-state index in [0.29, 0.717) is 16.9 Å². The van der Waals surface area contributed by atoms with Crippen LogP contribution in [-0.2, 0) is 0 Å². The van der Waals surface area contributed by atoms with Gasteiger partial charge >= 0.3 is 0 Å². The van der Waals surface area contributed by atoms with Crippen LogP contribution in [0.5, 0.6) is 5.75 Å². The second-order valence-corrected chi connectivity index (χ2v) is 4.27. The zero-order valence-electron chi connectivity index (χ0n) is 10.3. The summed E-state index contributed by atoms with van der Waals surface area (Å²) in [6, 6.07) is 11.3. The average Bonchev–Trinajstić information content (AvgIpc) is 2.88. The van der Waals surface area contributed by atoms with Gasteiger partial charge in [0.05, 0.1) is 17.6 Å². The van der Waals surface area contributed by atoms with Gasteiger partial charge in [-0.1, -0.05) is 0 Å². The summed E-state index contributed by atoms with van der Waals surface area (Å²) < 4.78 is 27.5. The van der Waals surface area contributed by atoms with Gasteiger partial charge in [-0.2, -0.15) is 5.10 Å². The number of halogens is 2. The Labute approximate surface area is 113 Å². The van der Waals surface area contributed by atoms with Crippen LogP contribution in [0.4, 0.5) is 8.78 Å². The number of hydrogen-bond donors (Lipinski definition) is 1. The van der Waals surface area contributed by atoms with E-state index in [1.165, 1.54) is 24.3 Å². The normalized spacial score (nSPS) is 10.7. The van der Waals surface area contributed by atoms with E-state index in [9.17, 15) is 13.9 Å². The molecule has 1 N–H and O–H groups in total. The lowest BCUT2D eigenvalue weighted by Gasteiger charge is -2.09. The van der Waals surface area contributed by atoms with Crippen molar-refractivity contribution in [1.82, 2.24) is 9.78 Å². The van der Waals surface area contributed by atoms with Crippen molar-refractivity contribution in [3.05, 3.63) is 66.4 Å². The molecule has 3 rings (SSSR count). The Morgan fingerprint density at radius 3 is 2.30 bits per heavy atom. The Kier molecular flexibility index (Phi) is 2.95. The lowest BCUT2D eigenvalue weighted by molar-refractivity contribution is 0.470. The highest BCUT2D eigenvalue weighted by Gasteiger charge is 2.12. The first-order valence-electron chi connectivity index (χ1n) is 5.94. The maximum absolute atomic E-state index is 13.0. The van der Waals surface area contributed by atoms with Crippen LogP contribution >= 0.6 is 0 Å². The van der Waals surface area contributed by atoms with Crippen molar-refractivity contribution in [1.29, 1.82) is 0 Å². The summed E-state index contributed by atoms with van der Waals surface area (Å²) in [5.41, 5.74) is 1.69. The Hall–Kier alpha value is -2.69. The molecule has 0 aliphatic heterocycles. The number of hydrogen-bond acceptors (Lipinski definition) is 2. The van der Waals surface area contributed by atoms with Crippen molar-refractivity contribution < 1.29 is 13.9 Å². The van der Waals surface area contributed by atoms with E-state index in [4.69, 9.17) is 0 Å². The molecule has 0 fully saturated rings. The van der Waals surface area contributed by atoms with Crippen molar-refractivity contribution in [2.24, 2.45) is 0 Å². The molecule has 2 aromatic carbocycles. The van der Waals surface area contributed by atoms with E-state index in [1.807, 2.05) is 0 Å². The summed E-state index contributed by atoms with van der Waals surface area (Å²) in [5.74, 6) is -1.03. The van der Waals surface area contributed by atoms with E-state index >= 15 is 0 Å². The number of aromatic nitrogens is 2. The van der Waals surface area contributed by atoms with Gasteiger partial charge in [-0.05, 0) is 42.5 Å². The van der Waals surface area contributed by atoms with Crippen molar-refractivity contribution in [3.8, 4) is 22.7 Å². The number of phenolic OH excluding ortho intramolecular Hbond substituents is 1. The Balaban J connectivity index is 2.12. The van der Waals surface area contributed by atoms with Crippen LogP contribution < -0.4 is 0 Å². The van der Waals surface area contributed by atoms with Crippen molar-refractivity contribution in [2.75, 3.05) is 0 Å². The molecule has 1 heterocycles.